The molecule has 0 saturated carbocycles. The molecule has 222 valence electrons. The number of benzene rings is 3. The Morgan fingerprint density at radius 3 is 2.52 bits per heavy atom. The van der Waals surface area contributed by atoms with E-state index in [9.17, 15) is 19.2 Å². The van der Waals surface area contributed by atoms with Crippen LogP contribution in [-0.4, -0.2) is 59.2 Å². The minimum absolute atomic E-state index is 0.171. The second kappa shape index (κ2) is 11.6. The van der Waals surface area contributed by atoms with Gasteiger partial charge in [0, 0.05) is 49.3 Å². The van der Waals surface area contributed by atoms with Gasteiger partial charge in [0.1, 0.15) is 6.04 Å². The molecule has 9 heteroatoms. The van der Waals surface area contributed by atoms with Crippen molar-refractivity contribution in [1.82, 2.24) is 20.5 Å². The molecule has 0 aliphatic carbocycles. The number of rotatable bonds is 6. The number of nitrogens with one attached hydrogen (secondary N) is 2. The van der Waals surface area contributed by atoms with Gasteiger partial charge in [-0.1, -0.05) is 42.5 Å². The number of carbonyl (C=O) groups excluding carboxylic acids is 4. The van der Waals surface area contributed by atoms with Crippen molar-refractivity contribution in [3.05, 3.63) is 95.7 Å². The summed E-state index contributed by atoms with van der Waals surface area (Å²) in [5.41, 5.74) is 4.92. The molecule has 1 aromatic heterocycles. The molecule has 1 unspecified atom stereocenters. The molecule has 3 aliphatic heterocycles. The molecular formula is C35H33N5O4. The smallest absolute Gasteiger partial charge is 0.255 e. The van der Waals surface area contributed by atoms with Gasteiger partial charge >= 0.3 is 0 Å². The lowest BCUT2D eigenvalue weighted by atomic mass is 9.96. The fraction of sp³-hybridized carbons (Fsp3) is 0.286. The van der Waals surface area contributed by atoms with E-state index in [4.69, 9.17) is 4.98 Å². The molecule has 4 heterocycles. The SMILES string of the molecule is O=C1CCC(N2Cc3cc(C(=O)NCC4CCN(c5ccc(-c6cccc7ccccc67)nc5)CC4)ccc3C2=O)C(=O)N1. The summed E-state index contributed by atoms with van der Waals surface area (Å²) in [4.78, 5) is 58.4. The molecule has 3 aromatic carbocycles. The Morgan fingerprint density at radius 1 is 0.909 bits per heavy atom. The third kappa shape index (κ3) is 5.30. The van der Waals surface area contributed by atoms with Crippen LogP contribution < -0.4 is 15.5 Å². The minimum atomic E-state index is -0.673. The van der Waals surface area contributed by atoms with Crippen LogP contribution in [0.2, 0.25) is 0 Å². The normalized spacial score (nSPS) is 18.8. The zero-order valence-electron chi connectivity index (χ0n) is 24.3. The molecule has 0 radical (unpaired) electrons. The zero-order valence-corrected chi connectivity index (χ0v) is 24.3. The topological polar surface area (TPSA) is 112 Å². The lowest BCUT2D eigenvalue weighted by Gasteiger charge is -2.33. The van der Waals surface area contributed by atoms with Gasteiger partial charge in [-0.05, 0) is 71.8 Å². The predicted octanol–water partition coefficient (Wildman–Crippen LogP) is 4.31. The molecular weight excluding hydrogens is 554 g/mol. The van der Waals surface area contributed by atoms with Crippen LogP contribution in [0.25, 0.3) is 22.0 Å². The molecule has 7 rings (SSSR count). The van der Waals surface area contributed by atoms with Crippen molar-refractivity contribution in [3.63, 3.8) is 0 Å². The Balaban J connectivity index is 0.922. The number of pyridine rings is 1. The van der Waals surface area contributed by atoms with Gasteiger partial charge < -0.3 is 15.1 Å². The van der Waals surface area contributed by atoms with Gasteiger partial charge in [-0.3, -0.25) is 29.5 Å². The summed E-state index contributed by atoms with van der Waals surface area (Å²) < 4.78 is 0. The molecule has 1 atom stereocenters. The molecule has 9 nitrogen and oxygen atoms in total. The molecule has 3 aliphatic rings. The van der Waals surface area contributed by atoms with E-state index < -0.39 is 11.9 Å². The average Bonchev–Trinajstić information content (AvgIpc) is 3.38. The predicted molar refractivity (Wildman–Crippen MR) is 167 cm³/mol. The number of aromatic nitrogens is 1. The van der Waals surface area contributed by atoms with Crippen LogP contribution in [0.3, 0.4) is 0 Å². The maximum Gasteiger partial charge on any atom is 0.255 e. The Bertz CT molecular complexity index is 1770. The summed E-state index contributed by atoms with van der Waals surface area (Å²) in [6.45, 7) is 2.63. The maximum atomic E-state index is 13.0. The molecule has 0 bridgehead atoms. The molecule has 2 saturated heterocycles. The van der Waals surface area contributed by atoms with Crippen LogP contribution in [0.1, 0.15) is 52.0 Å². The highest BCUT2D eigenvalue weighted by Gasteiger charge is 2.39. The van der Waals surface area contributed by atoms with Crippen LogP contribution in [0.4, 0.5) is 5.69 Å². The minimum Gasteiger partial charge on any atom is -0.370 e. The van der Waals surface area contributed by atoms with Crippen LogP contribution in [-0.2, 0) is 16.1 Å². The third-order valence-electron chi connectivity index (χ3n) is 9.13. The Labute approximate surface area is 255 Å². The summed E-state index contributed by atoms with van der Waals surface area (Å²) in [5, 5.41) is 7.79. The van der Waals surface area contributed by atoms with E-state index in [1.165, 1.54) is 15.7 Å². The fourth-order valence-corrected chi connectivity index (χ4v) is 6.63. The van der Waals surface area contributed by atoms with Gasteiger partial charge in [-0.2, -0.15) is 0 Å². The van der Waals surface area contributed by atoms with Crippen molar-refractivity contribution >= 4 is 40.1 Å². The van der Waals surface area contributed by atoms with Crippen molar-refractivity contribution in [2.75, 3.05) is 24.5 Å². The van der Waals surface area contributed by atoms with E-state index in [2.05, 4.69) is 64.1 Å². The number of amides is 4. The van der Waals surface area contributed by atoms with Crippen molar-refractivity contribution in [3.8, 4) is 11.3 Å². The van der Waals surface area contributed by atoms with E-state index in [1.54, 1.807) is 18.2 Å². The summed E-state index contributed by atoms with van der Waals surface area (Å²) in [7, 11) is 0. The Kier molecular flexibility index (Phi) is 7.29. The molecule has 4 amide bonds. The van der Waals surface area contributed by atoms with Gasteiger partial charge in [-0.25, -0.2) is 0 Å². The van der Waals surface area contributed by atoms with E-state index >= 15 is 0 Å². The standard InChI is InChI=1S/C35H33N5O4/c41-32-13-12-31(34(43)38-32)40-21-25-18-24(8-10-28(25)35(40)44)33(42)37-19-22-14-16-39(17-15-22)26-9-11-30(36-20-26)29-7-3-5-23-4-1-2-6-27(23)29/h1-11,18,20,22,31H,12-17,19,21H2,(H,37,42)(H,38,41,43). The van der Waals surface area contributed by atoms with Crippen molar-refractivity contribution in [2.45, 2.75) is 38.3 Å². The lowest BCUT2D eigenvalue weighted by Crippen LogP contribution is -2.52. The molecule has 2 fully saturated rings. The number of carbonyl (C=O) groups is 4. The zero-order chi connectivity index (χ0) is 30.2. The highest BCUT2D eigenvalue weighted by atomic mass is 16.2. The number of nitrogens with zero attached hydrogens (tertiary/aromatic N) is 3. The number of hydrogen-bond donors (Lipinski definition) is 2. The van der Waals surface area contributed by atoms with Crippen molar-refractivity contribution < 1.29 is 19.2 Å². The van der Waals surface area contributed by atoms with Crippen molar-refractivity contribution in [1.29, 1.82) is 0 Å². The summed E-state index contributed by atoms with van der Waals surface area (Å²) in [6.07, 6.45) is 4.40. The quantitative estimate of drug-likeness (QED) is 0.325. The lowest BCUT2D eigenvalue weighted by molar-refractivity contribution is -0.136. The number of imide groups is 1. The first-order valence-corrected chi connectivity index (χ1v) is 15.2. The molecule has 2 N–H and O–H groups in total. The highest BCUT2D eigenvalue weighted by molar-refractivity contribution is 6.06. The first kappa shape index (κ1) is 27.8. The largest absolute Gasteiger partial charge is 0.370 e. The van der Waals surface area contributed by atoms with Crippen LogP contribution in [0, 0.1) is 5.92 Å². The van der Waals surface area contributed by atoms with Gasteiger partial charge in [0.25, 0.3) is 11.8 Å². The number of hydrogen-bond acceptors (Lipinski definition) is 6. The molecule has 0 spiro atoms. The third-order valence-corrected chi connectivity index (χ3v) is 9.13. The monoisotopic (exact) mass is 587 g/mol. The fourth-order valence-electron chi connectivity index (χ4n) is 6.63. The Morgan fingerprint density at radius 2 is 1.73 bits per heavy atom. The highest BCUT2D eigenvalue weighted by Crippen LogP contribution is 2.30. The number of anilines is 1. The second-order valence-electron chi connectivity index (χ2n) is 11.8. The summed E-state index contributed by atoms with van der Waals surface area (Å²) in [5.74, 6) is -0.803. The number of fused-ring (bicyclic) bond motifs is 2. The van der Waals surface area contributed by atoms with E-state index in [0.29, 0.717) is 30.0 Å². The van der Waals surface area contributed by atoms with E-state index in [1.807, 2.05) is 12.3 Å². The second-order valence-corrected chi connectivity index (χ2v) is 11.8. The first-order valence-electron chi connectivity index (χ1n) is 15.2. The van der Waals surface area contributed by atoms with Gasteiger partial charge in [0.2, 0.25) is 11.8 Å². The first-order chi connectivity index (χ1) is 21.4. The average molecular weight is 588 g/mol. The van der Waals surface area contributed by atoms with E-state index in [0.717, 1.165) is 48.4 Å². The van der Waals surface area contributed by atoms with Gasteiger partial charge in [0.15, 0.2) is 0 Å². The maximum absolute atomic E-state index is 13.0. The summed E-state index contributed by atoms with van der Waals surface area (Å²) in [6, 6.07) is 23.3. The Hall–Kier alpha value is -5.05. The summed E-state index contributed by atoms with van der Waals surface area (Å²) >= 11 is 0. The van der Waals surface area contributed by atoms with Gasteiger partial charge in [-0.15, -0.1) is 0 Å². The molecule has 44 heavy (non-hydrogen) atoms. The van der Waals surface area contributed by atoms with Gasteiger partial charge in [0.05, 0.1) is 17.6 Å². The van der Waals surface area contributed by atoms with Crippen LogP contribution in [0.5, 0.6) is 0 Å². The van der Waals surface area contributed by atoms with Crippen LogP contribution in [0.15, 0.2) is 79.0 Å². The van der Waals surface area contributed by atoms with Crippen molar-refractivity contribution in [2.24, 2.45) is 5.92 Å². The van der Waals surface area contributed by atoms with E-state index in [-0.39, 0.29) is 30.7 Å². The number of piperidine rings is 2. The van der Waals surface area contributed by atoms with Crippen LogP contribution >= 0.6 is 0 Å². The molecule has 4 aromatic rings.